The van der Waals surface area contributed by atoms with Crippen LogP contribution in [0.15, 0.2) is 60.9 Å². The van der Waals surface area contributed by atoms with Crippen molar-refractivity contribution in [3.63, 3.8) is 0 Å². The van der Waals surface area contributed by atoms with Gasteiger partial charge in [-0.2, -0.15) is 0 Å². The molecule has 0 saturated heterocycles. The molecule has 7 heteroatoms. The Morgan fingerprint density at radius 1 is 1.07 bits per heavy atom. The van der Waals surface area contributed by atoms with Crippen LogP contribution < -0.4 is 5.32 Å². The quantitative estimate of drug-likeness (QED) is 0.416. The molecule has 138 valence electrons. The fraction of sp³-hybridized carbons (Fsp3) is 0.100. The Bertz CT molecular complexity index is 1070. The molecule has 0 aliphatic rings. The lowest BCUT2D eigenvalue weighted by atomic mass is 10.1. The molecule has 0 spiro atoms. The molecule has 0 bridgehead atoms. The number of phenolic OH excluding ortho intramolecular Hbond substituents is 1. The standard InChI is InChI=1S/C20H17FN4O.BrH/c1-12(15-4-2-3-5-17(15)21)24-19-16-10-18(25-20(16)23-11-22-19)13-6-8-14(26)9-7-13;/h2-12,26H,1H3,(H2,22,23,24,25);1H/t12-;/m1./s1. The minimum atomic E-state index is -0.253. The Labute approximate surface area is 166 Å². The topological polar surface area (TPSA) is 73.8 Å². The number of rotatable bonds is 4. The molecule has 5 nitrogen and oxygen atoms in total. The Hall–Kier alpha value is -2.93. The van der Waals surface area contributed by atoms with E-state index >= 15 is 0 Å². The smallest absolute Gasteiger partial charge is 0.143 e. The lowest BCUT2D eigenvalue weighted by molar-refractivity contribution is 0.475. The molecule has 2 aromatic heterocycles. The van der Waals surface area contributed by atoms with Crippen molar-refractivity contribution in [3.8, 4) is 17.0 Å². The number of hydrogen-bond donors (Lipinski definition) is 3. The van der Waals surface area contributed by atoms with Crippen molar-refractivity contribution in [2.75, 3.05) is 5.32 Å². The molecule has 0 aliphatic heterocycles. The number of phenols is 1. The van der Waals surface area contributed by atoms with Crippen molar-refractivity contribution in [1.29, 1.82) is 0 Å². The SMILES string of the molecule is Br.C[C@@H](Nc1ncnc2[nH]c(-c3ccc(O)cc3)cc12)c1ccccc1F. The van der Waals surface area contributed by atoms with E-state index in [1.165, 1.54) is 12.4 Å². The molecule has 27 heavy (non-hydrogen) atoms. The summed E-state index contributed by atoms with van der Waals surface area (Å²) in [6.07, 6.45) is 1.47. The van der Waals surface area contributed by atoms with Crippen molar-refractivity contribution in [2.45, 2.75) is 13.0 Å². The Morgan fingerprint density at radius 2 is 1.81 bits per heavy atom. The van der Waals surface area contributed by atoms with Crippen molar-refractivity contribution in [1.82, 2.24) is 15.0 Å². The summed E-state index contributed by atoms with van der Waals surface area (Å²) in [6.45, 7) is 1.89. The van der Waals surface area contributed by atoms with E-state index in [1.54, 1.807) is 24.3 Å². The molecule has 0 saturated carbocycles. The molecular formula is C20H18BrFN4O. The number of H-pyrrole nitrogens is 1. The maximum atomic E-state index is 14.0. The van der Waals surface area contributed by atoms with Crippen molar-refractivity contribution < 1.29 is 9.50 Å². The fourth-order valence-electron chi connectivity index (χ4n) is 2.96. The molecule has 4 rings (SSSR count). The molecule has 2 aromatic carbocycles. The number of aromatic nitrogens is 3. The van der Waals surface area contributed by atoms with Gasteiger partial charge in [-0.25, -0.2) is 14.4 Å². The van der Waals surface area contributed by atoms with Crippen LogP contribution in [0.25, 0.3) is 22.3 Å². The van der Waals surface area contributed by atoms with E-state index in [4.69, 9.17) is 0 Å². The Balaban J connectivity index is 0.00000210. The Morgan fingerprint density at radius 3 is 2.56 bits per heavy atom. The van der Waals surface area contributed by atoms with Gasteiger partial charge in [0.2, 0.25) is 0 Å². The number of hydrogen-bond acceptors (Lipinski definition) is 4. The van der Waals surface area contributed by atoms with Crippen LogP contribution in [0.3, 0.4) is 0 Å². The number of nitrogens with zero attached hydrogens (tertiary/aromatic N) is 2. The van der Waals surface area contributed by atoms with Gasteiger partial charge in [0.25, 0.3) is 0 Å². The number of anilines is 1. The predicted octanol–water partition coefficient (Wildman–Crippen LogP) is 5.22. The molecule has 0 fully saturated rings. The third-order valence-electron chi connectivity index (χ3n) is 4.33. The van der Waals surface area contributed by atoms with Gasteiger partial charge in [0.15, 0.2) is 0 Å². The van der Waals surface area contributed by atoms with Crippen LogP contribution in [-0.2, 0) is 0 Å². The highest BCUT2D eigenvalue weighted by molar-refractivity contribution is 8.93. The number of aromatic hydroxyl groups is 1. The van der Waals surface area contributed by atoms with Crippen molar-refractivity contribution in [2.24, 2.45) is 0 Å². The third-order valence-corrected chi connectivity index (χ3v) is 4.33. The van der Waals surface area contributed by atoms with Crippen LogP contribution in [0.4, 0.5) is 10.2 Å². The average molecular weight is 429 g/mol. The minimum Gasteiger partial charge on any atom is -0.508 e. The van der Waals surface area contributed by atoms with E-state index in [-0.39, 0.29) is 34.6 Å². The molecule has 4 aromatic rings. The second-order valence-corrected chi connectivity index (χ2v) is 6.10. The van der Waals surface area contributed by atoms with Crippen molar-refractivity contribution in [3.05, 3.63) is 72.3 Å². The number of halogens is 2. The van der Waals surface area contributed by atoms with E-state index in [0.29, 0.717) is 17.0 Å². The van der Waals surface area contributed by atoms with Gasteiger partial charge < -0.3 is 15.4 Å². The molecule has 0 aliphatic carbocycles. The molecule has 1 atom stereocenters. The number of nitrogens with one attached hydrogen (secondary N) is 2. The fourth-order valence-corrected chi connectivity index (χ4v) is 2.96. The second kappa shape index (κ2) is 7.75. The average Bonchev–Trinajstić information content (AvgIpc) is 3.08. The van der Waals surface area contributed by atoms with Gasteiger partial charge in [-0.1, -0.05) is 18.2 Å². The number of benzene rings is 2. The first-order valence-electron chi connectivity index (χ1n) is 8.26. The van der Waals surface area contributed by atoms with E-state index < -0.39 is 0 Å². The lowest BCUT2D eigenvalue weighted by Crippen LogP contribution is -2.10. The van der Waals surface area contributed by atoms with Gasteiger partial charge in [0, 0.05) is 11.3 Å². The molecule has 3 N–H and O–H groups in total. The first kappa shape index (κ1) is 18.8. The normalized spacial score (nSPS) is 11.8. The summed E-state index contributed by atoms with van der Waals surface area (Å²) in [7, 11) is 0. The van der Waals surface area contributed by atoms with E-state index in [0.717, 1.165) is 16.6 Å². The van der Waals surface area contributed by atoms with Gasteiger partial charge in [-0.05, 0) is 48.9 Å². The van der Waals surface area contributed by atoms with E-state index in [9.17, 15) is 9.50 Å². The van der Waals surface area contributed by atoms with Gasteiger partial charge in [-0.15, -0.1) is 17.0 Å². The number of aromatic amines is 1. The molecule has 0 radical (unpaired) electrons. The summed E-state index contributed by atoms with van der Waals surface area (Å²) in [5, 5.41) is 13.5. The van der Waals surface area contributed by atoms with Gasteiger partial charge in [-0.3, -0.25) is 0 Å². The lowest BCUT2D eigenvalue weighted by Gasteiger charge is -2.15. The zero-order valence-electron chi connectivity index (χ0n) is 14.5. The zero-order chi connectivity index (χ0) is 18.1. The van der Waals surface area contributed by atoms with Crippen LogP contribution in [0.2, 0.25) is 0 Å². The maximum Gasteiger partial charge on any atom is 0.143 e. The Kier molecular flexibility index (Phi) is 5.41. The van der Waals surface area contributed by atoms with Crippen LogP contribution in [-0.4, -0.2) is 20.1 Å². The maximum absolute atomic E-state index is 14.0. The van der Waals surface area contributed by atoms with E-state index in [1.807, 2.05) is 31.2 Å². The number of fused-ring (bicyclic) bond motifs is 1. The van der Waals surface area contributed by atoms with Gasteiger partial charge in [0.1, 0.15) is 29.4 Å². The van der Waals surface area contributed by atoms with Gasteiger partial charge in [0.05, 0.1) is 11.4 Å². The molecule has 0 unspecified atom stereocenters. The van der Waals surface area contributed by atoms with Crippen LogP contribution in [0.1, 0.15) is 18.5 Å². The summed E-state index contributed by atoms with van der Waals surface area (Å²) in [5.41, 5.74) is 3.05. The largest absolute Gasteiger partial charge is 0.508 e. The highest BCUT2D eigenvalue weighted by Gasteiger charge is 2.14. The highest BCUT2D eigenvalue weighted by atomic mass is 79.9. The van der Waals surface area contributed by atoms with Crippen molar-refractivity contribution >= 4 is 33.8 Å². The molecule has 2 heterocycles. The monoisotopic (exact) mass is 428 g/mol. The first-order valence-corrected chi connectivity index (χ1v) is 8.26. The highest BCUT2D eigenvalue weighted by Crippen LogP contribution is 2.29. The predicted molar refractivity (Wildman–Crippen MR) is 110 cm³/mol. The summed E-state index contributed by atoms with van der Waals surface area (Å²) >= 11 is 0. The minimum absolute atomic E-state index is 0. The van der Waals surface area contributed by atoms with Crippen LogP contribution in [0.5, 0.6) is 5.75 Å². The first-order chi connectivity index (χ1) is 12.6. The van der Waals surface area contributed by atoms with E-state index in [2.05, 4.69) is 20.3 Å². The summed E-state index contributed by atoms with van der Waals surface area (Å²) in [6, 6.07) is 15.3. The summed E-state index contributed by atoms with van der Waals surface area (Å²) in [5.74, 6) is 0.592. The summed E-state index contributed by atoms with van der Waals surface area (Å²) < 4.78 is 14.0. The van der Waals surface area contributed by atoms with Gasteiger partial charge >= 0.3 is 0 Å². The molecule has 0 amide bonds. The van der Waals surface area contributed by atoms with Crippen LogP contribution in [0, 0.1) is 5.82 Å². The molecular weight excluding hydrogens is 411 g/mol. The second-order valence-electron chi connectivity index (χ2n) is 6.10. The third kappa shape index (κ3) is 3.78. The zero-order valence-corrected chi connectivity index (χ0v) is 16.2. The summed E-state index contributed by atoms with van der Waals surface area (Å²) in [4.78, 5) is 11.8. The van der Waals surface area contributed by atoms with Crippen LogP contribution >= 0.6 is 17.0 Å².